The molecule has 3 aliphatic rings. The van der Waals surface area contributed by atoms with Gasteiger partial charge < -0.3 is 19.8 Å². The average molecular weight is 525 g/mol. The van der Waals surface area contributed by atoms with Crippen LogP contribution >= 0.6 is 0 Å². The minimum atomic E-state index is -4.59. The van der Waals surface area contributed by atoms with Crippen molar-refractivity contribution in [2.45, 2.75) is 31.1 Å². The molecule has 38 heavy (non-hydrogen) atoms. The van der Waals surface area contributed by atoms with Gasteiger partial charge in [0.2, 0.25) is 5.96 Å². The fourth-order valence-electron chi connectivity index (χ4n) is 5.81. The summed E-state index contributed by atoms with van der Waals surface area (Å²) in [4.78, 5) is 22.4. The molecule has 1 fully saturated rings. The molecule has 196 valence electrons. The number of aliphatic carboxylic acids is 1. The van der Waals surface area contributed by atoms with Crippen LogP contribution in [0.1, 0.15) is 29.2 Å². The summed E-state index contributed by atoms with van der Waals surface area (Å²) in [5.41, 5.74) is 2.02. The lowest BCUT2D eigenvalue weighted by Crippen LogP contribution is -2.58. The Morgan fingerprint density at radius 2 is 1.82 bits per heavy atom. The Morgan fingerprint density at radius 1 is 1.03 bits per heavy atom. The van der Waals surface area contributed by atoms with E-state index in [4.69, 9.17) is 0 Å². The fourth-order valence-corrected chi connectivity index (χ4v) is 5.81. The summed E-state index contributed by atoms with van der Waals surface area (Å²) in [5, 5.41) is 9.77. The van der Waals surface area contributed by atoms with Gasteiger partial charge in [0.05, 0.1) is 24.1 Å². The number of nitrogens with zero attached hydrogens (tertiary/aromatic N) is 4. The summed E-state index contributed by atoms with van der Waals surface area (Å²) < 4.78 is 56.0. The number of para-hydroxylation sites is 2. The lowest BCUT2D eigenvalue weighted by molar-refractivity contribution is -0.138. The fraction of sp³-hybridized carbons (Fsp3) is 0.286. The molecular formula is C28H24F4N4O2. The number of rotatable bonds is 3. The maximum absolute atomic E-state index is 15.0. The molecule has 0 bridgehead atoms. The number of anilines is 2. The Bertz CT molecular complexity index is 1440. The first kappa shape index (κ1) is 24.3. The van der Waals surface area contributed by atoms with Gasteiger partial charge in [0, 0.05) is 36.6 Å². The van der Waals surface area contributed by atoms with E-state index in [2.05, 4.69) is 22.0 Å². The molecule has 0 saturated carbocycles. The maximum atomic E-state index is 15.0. The number of fused-ring (bicyclic) bond motifs is 4. The molecule has 0 amide bonds. The predicted octanol–water partition coefficient (Wildman–Crippen LogP) is 5.61. The molecule has 3 aromatic carbocycles. The van der Waals surface area contributed by atoms with Crippen LogP contribution in [0, 0.1) is 5.82 Å². The van der Waals surface area contributed by atoms with Crippen LogP contribution in [-0.2, 0) is 17.4 Å². The first-order valence-electron chi connectivity index (χ1n) is 12.4. The number of benzene rings is 3. The van der Waals surface area contributed by atoms with Crippen LogP contribution in [0.25, 0.3) is 0 Å². The highest BCUT2D eigenvalue weighted by atomic mass is 19.4. The second-order valence-corrected chi connectivity index (χ2v) is 9.75. The number of alkyl halides is 3. The van der Waals surface area contributed by atoms with Crippen molar-refractivity contribution in [3.63, 3.8) is 0 Å². The molecule has 3 aliphatic heterocycles. The lowest BCUT2D eigenvalue weighted by Gasteiger charge is -2.46. The number of carboxylic acid groups (broad SMARTS) is 1. The Morgan fingerprint density at radius 3 is 2.61 bits per heavy atom. The Kier molecular flexibility index (Phi) is 5.77. The van der Waals surface area contributed by atoms with E-state index in [9.17, 15) is 23.1 Å². The monoisotopic (exact) mass is 524 g/mol. The zero-order valence-corrected chi connectivity index (χ0v) is 20.2. The molecule has 6 rings (SSSR count). The first-order chi connectivity index (χ1) is 18.2. The van der Waals surface area contributed by atoms with Crippen molar-refractivity contribution in [2.75, 3.05) is 29.4 Å². The van der Waals surface area contributed by atoms with Gasteiger partial charge in [-0.1, -0.05) is 36.4 Å². The van der Waals surface area contributed by atoms with Crippen LogP contribution in [0.15, 0.2) is 71.7 Å². The molecule has 1 saturated heterocycles. The molecule has 10 heteroatoms. The molecule has 6 nitrogen and oxygen atoms in total. The number of carbonyl (C=O) groups is 1. The minimum Gasteiger partial charge on any atom is -0.481 e. The highest BCUT2D eigenvalue weighted by Crippen LogP contribution is 2.44. The van der Waals surface area contributed by atoms with E-state index in [-0.39, 0.29) is 23.4 Å². The molecule has 0 aliphatic carbocycles. The van der Waals surface area contributed by atoms with Crippen molar-refractivity contribution in [3.05, 3.63) is 89.2 Å². The number of hydrogen-bond donors (Lipinski definition) is 1. The SMILES string of the molecule is O=C(O)CC1c2cccc(F)c2N=C(N2CCN3c4ccccc4CC3C2)N1c1cccc(C(F)(F)F)c1. The van der Waals surface area contributed by atoms with Gasteiger partial charge in [-0.25, -0.2) is 9.38 Å². The maximum Gasteiger partial charge on any atom is 0.416 e. The van der Waals surface area contributed by atoms with Crippen LogP contribution in [0.2, 0.25) is 0 Å². The number of hydrogen-bond acceptors (Lipinski definition) is 5. The van der Waals surface area contributed by atoms with Crippen LogP contribution < -0.4 is 9.80 Å². The summed E-state index contributed by atoms with van der Waals surface area (Å²) >= 11 is 0. The topological polar surface area (TPSA) is 59.4 Å². The number of aliphatic imine (C=N–C) groups is 1. The van der Waals surface area contributed by atoms with Crippen molar-refractivity contribution >= 4 is 29.0 Å². The van der Waals surface area contributed by atoms with Crippen molar-refractivity contribution in [1.29, 1.82) is 0 Å². The number of carboxylic acids is 1. The van der Waals surface area contributed by atoms with Crippen LogP contribution in [0.4, 0.5) is 34.6 Å². The van der Waals surface area contributed by atoms with Crippen molar-refractivity contribution in [3.8, 4) is 0 Å². The van der Waals surface area contributed by atoms with Gasteiger partial charge in [0.25, 0.3) is 0 Å². The van der Waals surface area contributed by atoms with Gasteiger partial charge in [0.15, 0.2) is 0 Å². The summed E-state index contributed by atoms with van der Waals surface area (Å²) in [7, 11) is 0. The highest BCUT2D eigenvalue weighted by Gasteiger charge is 2.41. The summed E-state index contributed by atoms with van der Waals surface area (Å²) in [6.07, 6.45) is -4.23. The van der Waals surface area contributed by atoms with E-state index in [0.29, 0.717) is 25.2 Å². The Balaban J connectivity index is 1.46. The molecule has 2 atom stereocenters. The average Bonchev–Trinajstić information content (AvgIpc) is 3.26. The van der Waals surface area contributed by atoms with Gasteiger partial charge in [-0.2, -0.15) is 13.2 Å². The molecule has 0 aromatic heterocycles. The smallest absolute Gasteiger partial charge is 0.416 e. The van der Waals surface area contributed by atoms with Crippen molar-refractivity contribution in [2.24, 2.45) is 4.99 Å². The molecule has 3 heterocycles. The van der Waals surface area contributed by atoms with Gasteiger partial charge in [-0.15, -0.1) is 0 Å². The van der Waals surface area contributed by atoms with E-state index >= 15 is 4.39 Å². The highest BCUT2D eigenvalue weighted by molar-refractivity contribution is 6.01. The van der Waals surface area contributed by atoms with Gasteiger partial charge in [-0.05, 0) is 42.3 Å². The quantitative estimate of drug-likeness (QED) is 0.451. The third-order valence-electron chi connectivity index (χ3n) is 7.46. The largest absolute Gasteiger partial charge is 0.481 e. The van der Waals surface area contributed by atoms with Gasteiger partial charge in [0.1, 0.15) is 11.5 Å². The van der Waals surface area contributed by atoms with Gasteiger partial charge in [-0.3, -0.25) is 4.79 Å². The van der Waals surface area contributed by atoms with Crippen molar-refractivity contribution in [1.82, 2.24) is 4.90 Å². The normalized spacial score (nSPS) is 20.5. The molecule has 0 spiro atoms. The van der Waals surface area contributed by atoms with E-state index < -0.39 is 36.0 Å². The molecule has 3 aromatic rings. The van der Waals surface area contributed by atoms with E-state index in [1.807, 2.05) is 17.0 Å². The number of halogens is 4. The first-order valence-corrected chi connectivity index (χ1v) is 12.4. The van der Waals surface area contributed by atoms with Crippen LogP contribution in [0.3, 0.4) is 0 Å². The van der Waals surface area contributed by atoms with Crippen molar-refractivity contribution < 1.29 is 27.5 Å². The number of piperazine rings is 1. The standard InChI is InChI=1S/C28H24F4N4O2/c29-22-9-4-8-21-24(15-25(37)38)36(19-7-3-6-18(14-19)28(30,31)32)27(33-26(21)22)34-11-12-35-20(16-34)13-17-5-1-2-10-23(17)35/h1-10,14,20,24H,11-13,15-16H2,(H,37,38). The molecular weight excluding hydrogens is 500 g/mol. The zero-order chi connectivity index (χ0) is 26.6. The molecule has 1 N–H and O–H groups in total. The summed E-state index contributed by atoms with van der Waals surface area (Å²) in [6.45, 7) is 1.64. The third kappa shape index (κ3) is 4.13. The predicted molar refractivity (Wildman–Crippen MR) is 135 cm³/mol. The second-order valence-electron chi connectivity index (χ2n) is 9.75. The lowest BCUT2D eigenvalue weighted by atomic mass is 9.96. The zero-order valence-electron chi connectivity index (χ0n) is 20.2. The molecule has 0 radical (unpaired) electrons. The van der Waals surface area contributed by atoms with Crippen LogP contribution in [0.5, 0.6) is 0 Å². The second kappa shape index (κ2) is 9.04. The van der Waals surface area contributed by atoms with Crippen LogP contribution in [-0.4, -0.2) is 47.6 Å². The van der Waals surface area contributed by atoms with E-state index in [1.54, 1.807) is 6.07 Å². The van der Waals surface area contributed by atoms with E-state index in [0.717, 1.165) is 24.2 Å². The third-order valence-corrected chi connectivity index (χ3v) is 7.46. The Labute approximate surface area is 216 Å². The van der Waals surface area contributed by atoms with Gasteiger partial charge >= 0.3 is 12.1 Å². The minimum absolute atomic E-state index is 0.0223. The molecule has 2 unspecified atom stereocenters. The summed E-state index contributed by atoms with van der Waals surface area (Å²) in [6, 6.07) is 16.4. The number of guanidine groups is 1. The summed E-state index contributed by atoms with van der Waals surface area (Å²) in [5.74, 6) is -1.51. The van der Waals surface area contributed by atoms with E-state index in [1.165, 1.54) is 34.7 Å². The Hall–Kier alpha value is -4.08.